The zero-order valence-electron chi connectivity index (χ0n) is 7.35. The number of hydrogen-bond acceptors (Lipinski definition) is 5. The highest BCUT2D eigenvalue weighted by Gasteiger charge is 2.09. The van der Waals surface area contributed by atoms with Crippen molar-refractivity contribution in [2.45, 2.75) is 0 Å². The van der Waals surface area contributed by atoms with Crippen LogP contribution in [0, 0.1) is 0 Å². The molecule has 0 fully saturated rings. The first-order chi connectivity index (χ1) is 7.34. The molecule has 0 aliphatic rings. The molecule has 6 heteroatoms. The first kappa shape index (κ1) is 9.38. The third-order valence-corrected chi connectivity index (χ3v) is 4.09. The van der Waals surface area contributed by atoms with E-state index in [9.17, 15) is 0 Å². The summed E-state index contributed by atoms with van der Waals surface area (Å²) in [4.78, 5) is 4.16. The summed E-state index contributed by atoms with van der Waals surface area (Å²) in [5.41, 5.74) is 3.97. The SMILES string of the molecule is Brc1cc(-c2cncc3nsnc23)cs1. The zero-order valence-corrected chi connectivity index (χ0v) is 10.6. The normalized spacial score (nSPS) is 11.0. The minimum absolute atomic E-state index is 0.861. The molecule has 3 aromatic rings. The highest BCUT2D eigenvalue weighted by atomic mass is 79.9. The standard InChI is InChI=1S/C9H4BrN3S2/c10-8-1-5(4-14-8)6-2-11-3-7-9(6)13-15-12-7/h1-4H. The molecule has 0 amide bonds. The Morgan fingerprint density at radius 2 is 2.13 bits per heavy atom. The molecule has 0 aliphatic carbocycles. The zero-order chi connectivity index (χ0) is 10.3. The molecule has 0 aromatic carbocycles. The Kier molecular flexibility index (Phi) is 2.27. The number of halogens is 1. The van der Waals surface area contributed by atoms with Crippen LogP contribution in [0.4, 0.5) is 0 Å². The molecule has 3 rings (SSSR count). The number of aromatic nitrogens is 3. The molecule has 0 saturated carbocycles. The molecule has 3 nitrogen and oxygen atoms in total. The molecule has 0 radical (unpaired) electrons. The maximum Gasteiger partial charge on any atom is 0.123 e. The van der Waals surface area contributed by atoms with Gasteiger partial charge in [0.2, 0.25) is 0 Å². The predicted molar refractivity (Wildman–Crippen MR) is 66.2 cm³/mol. The van der Waals surface area contributed by atoms with Crippen LogP contribution in [0.1, 0.15) is 0 Å². The summed E-state index contributed by atoms with van der Waals surface area (Å²) in [5.74, 6) is 0. The number of thiophene rings is 1. The van der Waals surface area contributed by atoms with E-state index in [1.807, 2.05) is 6.20 Å². The van der Waals surface area contributed by atoms with E-state index in [4.69, 9.17) is 0 Å². The van der Waals surface area contributed by atoms with E-state index in [2.05, 4.69) is 41.1 Å². The third kappa shape index (κ3) is 1.58. The van der Waals surface area contributed by atoms with Gasteiger partial charge in [-0.1, -0.05) is 0 Å². The summed E-state index contributed by atoms with van der Waals surface area (Å²) in [6.45, 7) is 0. The Balaban J connectivity index is 2.30. The second-order valence-electron chi connectivity index (χ2n) is 2.96. The van der Waals surface area contributed by atoms with Crippen molar-refractivity contribution in [2.24, 2.45) is 0 Å². The largest absolute Gasteiger partial charge is 0.262 e. The molecular weight excluding hydrogens is 294 g/mol. The van der Waals surface area contributed by atoms with Gasteiger partial charge >= 0.3 is 0 Å². The Morgan fingerprint density at radius 1 is 1.20 bits per heavy atom. The fourth-order valence-corrected chi connectivity index (χ4v) is 3.07. The van der Waals surface area contributed by atoms with Gasteiger partial charge in [0.1, 0.15) is 11.0 Å². The van der Waals surface area contributed by atoms with Crippen LogP contribution in [0.15, 0.2) is 27.6 Å². The van der Waals surface area contributed by atoms with Gasteiger partial charge < -0.3 is 0 Å². The first-order valence-corrected chi connectivity index (χ1v) is 6.55. The van der Waals surface area contributed by atoms with Gasteiger partial charge in [-0.25, -0.2) is 0 Å². The number of pyridine rings is 1. The fourth-order valence-electron chi connectivity index (χ4n) is 1.37. The molecule has 0 N–H and O–H groups in total. The fraction of sp³-hybridized carbons (Fsp3) is 0. The summed E-state index contributed by atoms with van der Waals surface area (Å²) in [6.07, 6.45) is 3.57. The molecule has 0 bridgehead atoms. The lowest BCUT2D eigenvalue weighted by Gasteiger charge is -1.96. The second-order valence-corrected chi connectivity index (χ2v) is 5.78. The van der Waals surface area contributed by atoms with Crippen molar-refractivity contribution in [3.63, 3.8) is 0 Å². The van der Waals surface area contributed by atoms with E-state index in [1.165, 1.54) is 11.7 Å². The van der Waals surface area contributed by atoms with Crippen LogP contribution in [0.5, 0.6) is 0 Å². The van der Waals surface area contributed by atoms with Crippen molar-refractivity contribution in [2.75, 3.05) is 0 Å². The van der Waals surface area contributed by atoms with Crippen LogP contribution in [0.25, 0.3) is 22.2 Å². The smallest absolute Gasteiger partial charge is 0.123 e. The Labute approximate surface area is 102 Å². The van der Waals surface area contributed by atoms with E-state index < -0.39 is 0 Å². The van der Waals surface area contributed by atoms with Crippen molar-refractivity contribution in [1.82, 2.24) is 13.7 Å². The molecule has 0 saturated heterocycles. The molecule has 74 valence electrons. The van der Waals surface area contributed by atoms with Gasteiger partial charge in [0.05, 0.1) is 21.7 Å². The Morgan fingerprint density at radius 3 is 2.93 bits per heavy atom. The highest BCUT2D eigenvalue weighted by Crippen LogP contribution is 2.32. The van der Waals surface area contributed by atoms with Gasteiger partial charge in [0.15, 0.2) is 0 Å². The minimum atomic E-state index is 0.861. The van der Waals surface area contributed by atoms with Crippen LogP contribution >= 0.6 is 39.0 Å². The quantitative estimate of drug-likeness (QED) is 0.689. The van der Waals surface area contributed by atoms with Crippen molar-refractivity contribution < 1.29 is 0 Å². The number of rotatable bonds is 1. The lowest BCUT2D eigenvalue weighted by molar-refractivity contribution is 1.35. The third-order valence-electron chi connectivity index (χ3n) is 2.05. The average molecular weight is 298 g/mol. The van der Waals surface area contributed by atoms with Crippen molar-refractivity contribution in [1.29, 1.82) is 0 Å². The molecule has 0 atom stereocenters. The van der Waals surface area contributed by atoms with Crippen molar-refractivity contribution in [3.8, 4) is 11.1 Å². The number of hydrogen-bond donors (Lipinski definition) is 0. The Bertz CT molecular complexity index is 616. The monoisotopic (exact) mass is 297 g/mol. The minimum Gasteiger partial charge on any atom is -0.262 e. The lowest BCUT2D eigenvalue weighted by atomic mass is 10.1. The van der Waals surface area contributed by atoms with Crippen LogP contribution in [0.3, 0.4) is 0 Å². The molecule has 3 heterocycles. The van der Waals surface area contributed by atoms with E-state index in [-0.39, 0.29) is 0 Å². The van der Waals surface area contributed by atoms with Crippen LogP contribution in [-0.2, 0) is 0 Å². The van der Waals surface area contributed by atoms with E-state index in [0.29, 0.717) is 0 Å². The van der Waals surface area contributed by atoms with Gasteiger partial charge in [-0.05, 0) is 32.9 Å². The predicted octanol–water partition coefficient (Wildman–Crippen LogP) is 3.58. The first-order valence-electron chi connectivity index (χ1n) is 4.15. The molecule has 0 spiro atoms. The van der Waals surface area contributed by atoms with Crippen molar-refractivity contribution in [3.05, 3.63) is 27.6 Å². The summed E-state index contributed by atoms with van der Waals surface area (Å²) >= 11 is 6.32. The van der Waals surface area contributed by atoms with Gasteiger partial charge in [0, 0.05) is 11.8 Å². The second kappa shape index (κ2) is 3.62. The van der Waals surface area contributed by atoms with Gasteiger partial charge in [-0.3, -0.25) is 4.98 Å². The summed E-state index contributed by atoms with van der Waals surface area (Å²) in [5, 5.41) is 2.08. The van der Waals surface area contributed by atoms with E-state index >= 15 is 0 Å². The highest BCUT2D eigenvalue weighted by molar-refractivity contribution is 9.11. The van der Waals surface area contributed by atoms with Crippen LogP contribution in [-0.4, -0.2) is 13.7 Å². The molecular formula is C9H4BrN3S2. The lowest BCUT2D eigenvalue weighted by Crippen LogP contribution is -1.80. The van der Waals surface area contributed by atoms with Crippen LogP contribution < -0.4 is 0 Å². The molecule has 0 unspecified atom stereocenters. The Hall–Kier alpha value is -0.850. The summed E-state index contributed by atoms with van der Waals surface area (Å²) in [7, 11) is 0. The van der Waals surface area contributed by atoms with E-state index in [1.54, 1.807) is 17.5 Å². The topological polar surface area (TPSA) is 38.7 Å². The maximum absolute atomic E-state index is 4.28. The molecule has 0 aliphatic heterocycles. The maximum atomic E-state index is 4.28. The van der Waals surface area contributed by atoms with Gasteiger partial charge in [-0.15, -0.1) is 11.3 Å². The van der Waals surface area contributed by atoms with E-state index in [0.717, 1.165) is 25.9 Å². The molecule has 15 heavy (non-hydrogen) atoms. The van der Waals surface area contributed by atoms with Gasteiger partial charge in [0.25, 0.3) is 0 Å². The van der Waals surface area contributed by atoms with Gasteiger partial charge in [-0.2, -0.15) is 8.75 Å². The number of nitrogens with zero attached hydrogens (tertiary/aromatic N) is 3. The molecule has 3 aromatic heterocycles. The average Bonchev–Trinajstić information content (AvgIpc) is 2.84. The summed E-state index contributed by atoms with van der Waals surface area (Å²) < 4.78 is 9.56. The number of fused-ring (bicyclic) bond motifs is 1. The van der Waals surface area contributed by atoms with Crippen molar-refractivity contribution >= 4 is 50.0 Å². The van der Waals surface area contributed by atoms with Crippen LogP contribution in [0.2, 0.25) is 0 Å². The summed E-state index contributed by atoms with van der Waals surface area (Å²) in [6, 6.07) is 2.07.